The Balaban J connectivity index is 0. The summed E-state index contributed by atoms with van der Waals surface area (Å²) in [5.41, 5.74) is 0.247. The molecule has 0 amide bonds. The van der Waals surface area contributed by atoms with Crippen molar-refractivity contribution in [1.29, 1.82) is 0 Å². The van der Waals surface area contributed by atoms with Crippen molar-refractivity contribution in [1.82, 2.24) is 0 Å². The fourth-order valence-electron chi connectivity index (χ4n) is 1.40. The predicted molar refractivity (Wildman–Crippen MR) is 46.4 cm³/mol. The van der Waals surface area contributed by atoms with Crippen molar-refractivity contribution in [2.75, 3.05) is 6.16 Å². The van der Waals surface area contributed by atoms with E-state index in [1.54, 1.807) is 0 Å². The maximum atomic E-state index is 10.4. The first-order valence-corrected chi connectivity index (χ1v) is 5.53. The van der Waals surface area contributed by atoms with Gasteiger partial charge in [-0.3, -0.25) is 0 Å². The molecule has 0 aliphatic carbocycles. The quantitative estimate of drug-likeness (QED) is 0.384. The van der Waals surface area contributed by atoms with Gasteiger partial charge in [-0.1, -0.05) is 27.7 Å². The van der Waals surface area contributed by atoms with Crippen LogP contribution in [-0.2, 0) is 0 Å². The third kappa shape index (κ3) is 11.4. The van der Waals surface area contributed by atoms with Crippen LogP contribution in [0.5, 0.6) is 0 Å². The summed E-state index contributed by atoms with van der Waals surface area (Å²) in [5.74, 6) is 0.305. The van der Waals surface area contributed by atoms with Gasteiger partial charge in [-0.2, -0.15) is 0 Å². The van der Waals surface area contributed by atoms with Gasteiger partial charge in [-0.15, -0.1) is 8.38 Å². The van der Waals surface area contributed by atoms with Crippen molar-refractivity contribution in [3.05, 3.63) is 0 Å². The Morgan fingerprint density at radius 2 is 1.67 bits per heavy atom. The molecule has 4 heteroatoms. The van der Waals surface area contributed by atoms with Crippen molar-refractivity contribution >= 4 is 8.38 Å². The zero-order chi connectivity index (χ0) is 9.07. The molecule has 0 N–H and O–H groups in total. The van der Waals surface area contributed by atoms with Crippen molar-refractivity contribution in [3.8, 4) is 0 Å². The molecule has 0 aromatic carbocycles. The summed E-state index contributed by atoms with van der Waals surface area (Å²) in [6.45, 7) is 8.38. The van der Waals surface area contributed by atoms with E-state index in [0.29, 0.717) is 12.1 Å². The molecule has 0 radical (unpaired) electrons. The smallest absolute Gasteiger partial charge is 0.685 e. The van der Waals surface area contributed by atoms with E-state index in [2.05, 4.69) is 20.8 Å². The topological polar surface area (TPSA) is 46.1 Å². The number of hydrogen-bond donors (Lipinski definition) is 0. The van der Waals surface area contributed by atoms with Crippen LogP contribution in [0.1, 0.15) is 34.1 Å². The Bertz CT molecular complexity index is 112. The van der Waals surface area contributed by atoms with Gasteiger partial charge < -0.3 is 9.79 Å². The molecule has 0 heterocycles. The van der Waals surface area contributed by atoms with E-state index in [0.717, 1.165) is 6.42 Å². The molecule has 68 valence electrons. The molecule has 0 saturated carbocycles. The van der Waals surface area contributed by atoms with Crippen LogP contribution in [0.2, 0.25) is 0 Å². The Hall–Kier alpha value is 1.35. The fourth-order valence-corrected chi connectivity index (χ4v) is 2.12. The second kappa shape index (κ2) is 6.75. The van der Waals surface area contributed by atoms with Gasteiger partial charge in [0.25, 0.3) is 0 Å². The maximum absolute atomic E-state index is 10.4. The van der Waals surface area contributed by atoms with Crippen LogP contribution in [0, 0.1) is 11.3 Å². The number of rotatable bonds is 3. The Morgan fingerprint density at radius 3 is 1.92 bits per heavy atom. The van der Waals surface area contributed by atoms with E-state index >= 15 is 0 Å². The zero-order valence-electron chi connectivity index (χ0n) is 8.81. The number of hydrogen-bond acceptors (Lipinski definition) is 2. The van der Waals surface area contributed by atoms with Crippen LogP contribution >= 0.6 is 8.38 Å². The predicted octanol–water partition coefficient (Wildman–Crippen LogP) is -2.17. The third-order valence-electron chi connectivity index (χ3n) is 1.48. The molecule has 0 saturated heterocycles. The normalized spacial score (nSPS) is 14.2. The Morgan fingerprint density at radius 1 is 1.25 bits per heavy atom. The van der Waals surface area contributed by atoms with Gasteiger partial charge in [0.1, 0.15) is 0 Å². The summed E-state index contributed by atoms with van der Waals surface area (Å²) < 4.78 is 0. The van der Waals surface area contributed by atoms with E-state index in [1.807, 2.05) is 6.92 Å². The summed E-state index contributed by atoms with van der Waals surface area (Å²) >= 11 is 0. The first-order chi connectivity index (χ1) is 4.81. The first kappa shape index (κ1) is 15.8. The van der Waals surface area contributed by atoms with Crippen LogP contribution in [0.15, 0.2) is 0 Å². The van der Waals surface area contributed by atoms with Gasteiger partial charge in [0.15, 0.2) is 0 Å². The molecule has 1 unspecified atom stereocenters. The van der Waals surface area contributed by atoms with Gasteiger partial charge in [-0.25, -0.2) is 0 Å². The average Bonchev–Trinajstić information content (AvgIpc) is 1.53. The molecule has 0 fully saturated rings. The minimum Gasteiger partial charge on any atom is -0.685 e. The third-order valence-corrected chi connectivity index (χ3v) is 2.51. The van der Waals surface area contributed by atoms with E-state index in [4.69, 9.17) is 0 Å². The Labute approximate surface area is 99.0 Å². The summed E-state index contributed by atoms with van der Waals surface area (Å²) in [4.78, 5) is 20.7. The molecule has 0 spiro atoms. The molecule has 0 aromatic heterocycles. The molecule has 0 rings (SSSR count). The van der Waals surface area contributed by atoms with Gasteiger partial charge in [0.2, 0.25) is 0 Å². The SMILES string of the molecule is CC(C[PH+]([O-])[O-])CC(C)(C)C.[Na+]. The summed E-state index contributed by atoms with van der Waals surface area (Å²) in [6.07, 6.45) is 1.34. The van der Waals surface area contributed by atoms with Crippen molar-refractivity contribution in [2.24, 2.45) is 11.3 Å². The Kier molecular flexibility index (Phi) is 8.89. The second-order valence-electron chi connectivity index (χ2n) is 4.45. The maximum Gasteiger partial charge on any atom is 1.00 e. The summed E-state index contributed by atoms with van der Waals surface area (Å²) in [7, 11) is -2.51. The van der Waals surface area contributed by atoms with Gasteiger partial charge >= 0.3 is 29.6 Å². The summed E-state index contributed by atoms with van der Waals surface area (Å²) in [6, 6.07) is 0. The molecular formula is C8H18NaO2P. The molecule has 0 aliphatic heterocycles. The molecule has 1 atom stereocenters. The fraction of sp³-hybridized carbons (Fsp3) is 1.00. The van der Waals surface area contributed by atoms with E-state index in [-0.39, 0.29) is 35.0 Å². The second-order valence-corrected chi connectivity index (χ2v) is 5.60. The molecule has 12 heavy (non-hydrogen) atoms. The van der Waals surface area contributed by atoms with Gasteiger partial charge in [-0.05, 0) is 17.8 Å². The molecule has 0 aliphatic rings. The van der Waals surface area contributed by atoms with Crippen molar-refractivity contribution in [2.45, 2.75) is 34.1 Å². The molecule has 0 aromatic rings. The minimum absolute atomic E-state index is 0. The van der Waals surface area contributed by atoms with Crippen LogP contribution in [0.3, 0.4) is 0 Å². The molecular weight excluding hydrogens is 182 g/mol. The van der Waals surface area contributed by atoms with Gasteiger partial charge in [0, 0.05) is 6.16 Å². The van der Waals surface area contributed by atoms with E-state index in [9.17, 15) is 9.79 Å². The van der Waals surface area contributed by atoms with E-state index in [1.165, 1.54) is 0 Å². The van der Waals surface area contributed by atoms with Crippen molar-refractivity contribution in [3.63, 3.8) is 0 Å². The van der Waals surface area contributed by atoms with Crippen LogP contribution < -0.4 is 39.3 Å². The minimum atomic E-state index is -2.51. The van der Waals surface area contributed by atoms with Gasteiger partial charge in [0.05, 0.1) is 0 Å². The monoisotopic (exact) mass is 200 g/mol. The largest absolute Gasteiger partial charge is 1.00 e. The first-order valence-electron chi connectivity index (χ1n) is 4.01. The van der Waals surface area contributed by atoms with E-state index < -0.39 is 8.38 Å². The zero-order valence-corrected chi connectivity index (χ0v) is 11.8. The molecule has 2 nitrogen and oxygen atoms in total. The van der Waals surface area contributed by atoms with Crippen LogP contribution in [-0.4, -0.2) is 6.16 Å². The standard InChI is InChI=1S/C8H18O2P.Na/c1-7(6-11(9)10)5-8(2,3)4;/h7,11H,5-6H2,1-4H3;/q-1;+1. The average molecular weight is 200 g/mol. The van der Waals surface area contributed by atoms with Crippen molar-refractivity contribution < 1.29 is 39.3 Å². The van der Waals surface area contributed by atoms with Crippen LogP contribution in [0.4, 0.5) is 0 Å². The summed E-state index contributed by atoms with van der Waals surface area (Å²) in [5, 5.41) is 0. The van der Waals surface area contributed by atoms with Crippen LogP contribution in [0.25, 0.3) is 0 Å². The molecule has 0 bridgehead atoms.